The zero-order valence-electron chi connectivity index (χ0n) is 13.3. The number of hydrogen-bond donors (Lipinski definition) is 1. The minimum atomic E-state index is -0.884. The summed E-state index contributed by atoms with van der Waals surface area (Å²) in [4.78, 5) is 27.7. The number of carboxylic acids is 1. The maximum Gasteiger partial charge on any atom is 0.345 e. The quantitative estimate of drug-likeness (QED) is 0.550. The molecular formula is C18H16O3S3. The van der Waals surface area contributed by atoms with Crippen molar-refractivity contribution in [3.05, 3.63) is 45.1 Å². The Morgan fingerprint density at radius 1 is 0.958 bits per heavy atom. The Labute approximate surface area is 152 Å². The van der Waals surface area contributed by atoms with E-state index in [1.165, 1.54) is 38.7 Å². The molecule has 3 nitrogen and oxygen atoms in total. The number of carboxylic acid groups (broad SMARTS) is 1. The summed E-state index contributed by atoms with van der Waals surface area (Å²) in [6.45, 7) is 4.27. The van der Waals surface area contributed by atoms with Gasteiger partial charge in [0.2, 0.25) is 0 Å². The summed E-state index contributed by atoms with van der Waals surface area (Å²) in [5.41, 5.74) is 2.60. The second kappa shape index (κ2) is 7.01. The zero-order valence-corrected chi connectivity index (χ0v) is 15.7. The maximum atomic E-state index is 11.2. The van der Waals surface area contributed by atoms with E-state index in [1.807, 2.05) is 18.2 Å². The van der Waals surface area contributed by atoms with Gasteiger partial charge in [-0.2, -0.15) is 0 Å². The van der Waals surface area contributed by atoms with Gasteiger partial charge in [0.1, 0.15) is 4.88 Å². The van der Waals surface area contributed by atoms with Gasteiger partial charge in [0, 0.05) is 19.5 Å². The summed E-state index contributed by atoms with van der Waals surface area (Å²) in [5.74, 6) is -0.884. The van der Waals surface area contributed by atoms with E-state index in [-0.39, 0.29) is 0 Å². The van der Waals surface area contributed by atoms with Crippen LogP contribution in [0.1, 0.15) is 44.3 Å². The first kappa shape index (κ1) is 17.1. The third-order valence-electron chi connectivity index (χ3n) is 3.83. The summed E-state index contributed by atoms with van der Waals surface area (Å²) in [6, 6.07) is 7.42. The Morgan fingerprint density at radius 2 is 1.54 bits per heavy atom. The Morgan fingerprint density at radius 3 is 2.00 bits per heavy atom. The Bertz CT molecular complexity index is 899. The van der Waals surface area contributed by atoms with Crippen LogP contribution in [-0.2, 0) is 12.8 Å². The van der Waals surface area contributed by atoms with Crippen molar-refractivity contribution in [2.24, 2.45) is 0 Å². The fourth-order valence-corrected chi connectivity index (χ4v) is 6.18. The highest BCUT2D eigenvalue weighted by Crippen LogP contribution is 2.46. The van der Waals surface area contributed by atoms with Crippen LogP contribution in [-0.4, -0.2) is 17.4 Å². The lowest BCUT2D eigenvalue weighted by Gasteiger charge is -2.03. The molecule has 6 heteroatoms. The Balaban J connectivity index is 2.15. The molecule has 3 heterocycles. The smallest absolute Gasteiger partial charge is 0.345 e. The summed E-state index contributed by atoms with van der Waals surface area (Å²) in [7, 11) is 0. The molecule has 0 atom stereocenters. The van der Waals surface area contributed by atoms with Crippen LogP contribution in [0.5, 0.6) is 0 Å². The van der Waals surface area contributed by atoms with E-state index in [2.05, 4.69) is 13.8 Å². The molecule has 0 aliphatic carbocycles. The SMILES string of the molecule is CCc1c(-c2ccc(C=O)s2)sc(-c2ccc(C(=O)O)s2)c1CC. The molecule has 3 rings (SSSR count). The first-order valence-electron chi connectivity index (χ1n) is 7.62. The lowest BCUT2D eigenvalue weighted by molar-refractivity contribution is 0.0702. The molecule has 124 valence electrons. The lowest BCUT2D eigenvalue weighted by atomic mass is 10.0. The van der Waals surface area contributed by atoms with Crippen molar-refractivity contribution in [2.45, 2.75) is 26.7 Å². The van der Waals surface area contributed by atoms with Crippen molar-refractivity contribution in [3.63, 3.8) is 0 Å². The summed E-state index contributed by atoms with van der Waals surface area (Å²) in [5, 5.41) is 9.17. The van der Waals surface area contributed by atoms with E-state index in [4.69, 9.17) is 5.11 Å². The summed E-state index contributed by atoms with van der Waals surface area (Å²) < 4.78 is 0. The predicted octanol–water partition coefficient (Wildman–Crippen LogP) is 5.84. The van der Waals surface area contributed by atoms with Crippen LogP contribution in [0.25, 0.3) is 19.5 Å². The molecule has 0 saturated heterocycles. The van der Waals surface area contributed by atoms with Gasteiger partial charge < -0.3 is 5.11 Å². The van der Waals surface area contributed by atoms with E-state index < -0.39 is 5.97 Å². The molecule has 3 aromatic heterocycles. The molecule has 0 amide bonds. The molecule has 3 aromatic rings. The molecule has 0 aliphatic heterocycles. The summed E-state index contributed by atoms with van der Waals surface area (Å²) in [6.07, 6.45) is 2.70. The third kappa shape index (κ3) is 2.97. The van der Waals surface area contributed by atoms with Crippen molar-refractivity contribution < 1.29 is 14.7 Å². The third-order valence-corrected chi connectivity index (χ3v) is 7.55. The van der Waals surface area contributed by atoms with Gasteiger partial charge in [0.15, 0.2) is 6.29 Å². The highest BCUT2D eigenvalue weighted by atomic mass is 32.1. The van der Waals surface area contributed by atoms with Crippen molar-refractivity contribution in [2.75, 3.05) is 0 Å². The first-order chi connectivity index (χ1) is 11.6. The molecule has 0 radical (unpaired) electrons. The molecule has 0 aromatic carbocycles. The van der Waals surface area contributed by atoms with E-state index in [9.17, 15) is 9.59 Å². The van der Waals surface area contributed by atoms with Crippen molar-refractivity contribution in [3.8, 4) is 19.5 Å². The van der Waals surface area contributed by atoms with E-state index in [0.717, 1.165) is 38.6 Å². The minimum absolute atomic E-state index is 0.361. The van der Waals surface area contributed by atoms with Gasteiger partial charge in [0.25, 0.3) is 0 Å². The molecule has 0 bridgehead atoms. The number of aldehydes is 1. The van der Waals surface area contributed by atoms with Crippen molar-refractivity contribution in [1.29, 1.82) is 0 Å². The van der Waals surface area contributed by atoms with Crippen LogP contribution in [0.4, 0.5) is 0 Å². The van der Waals surface area contributed by atoms with Gasteiger partial charge in [-0.15, -0.1) is 34.0 Å². The number of rotatable bonds is 6. The molecule has 0 aliphatic rings. The molecule has 0 spiro atoms. The van der Waals surface area contributed by atoms with Crippen molar-refractivity contribution >= 4 is 46.3 Å². The van der Waals surface area contributed by atoms with Crippen LogP contribution in [0, 0.1) is 0 Å². The van der Waals surface area contributed by atoms with E-state index in [1.54, 1.807) is 17.4 Å². The molecule has 0 saturated carbocycles. The number of thiophene rings is 3. The topological polar surface area (TPSA) is 54.4 Å². The maximum absolute atomic E-state index is 11.2. The average Bonchev–Trinajstić information content (AvgIpc) is 3.30. The van der Waals surface area contributed by atoms with Crippen LogP contribution in [0.3, 0.4) is 0 Å². The van der Waals surface area contributed by atoms with Gasteiger partial charge in [0.05, 0.1) is 4.88 Å². The Hall–Kier alpha value is -1.76. The second-order valence-electron chi connectivity index (χ2n) is 5.21. The van der Waals surface area contributed by atoms with Crippen molar-refractivity contribution in [1.82, 2.24) is 0 Å². The minimum Gasteiger partial charge on any atom is -0.477 e. The second-order valence-corrected chi connectivity index (χ2v) is 8.43. The molecule has 24 heavy (non-hydrogen) atoms. The Kier molecular flexibility index (Phi) is 4.99. The van der Waals surface area contributed by atoms with Gasteiger partial charge in [-0.05, 0) is 48.2 Å². The standard InChI is InChI=1S/C18H16O3S3/c1-3-11-12(4-2)17(14-7-8-15(23-14)18(20)21)24-16(11)13-6-5-10(9-19)22-13/h5-9H,3-4H2,1-2H3,(H,20,21). The zero-order chi connectivity index (χ0) is 17.3. The van der Waals surface area contributed by atoms with Crippen LogP contribution in [0.2, 0.25) is 0 Å². The highest BCUT2D eigenvalue weighted by Gasteiger charge is 2.21. The molecular weight excluding hydrogens is 360 g/mol. The summed E-state index contributed by atoms with van der Waals surface area (Å²) >= 11 is 4.53. The van der Waals surface area contributed by atoms with Gasteiger partial charge >= 0.3 is 5.97 Å². The molecule has 0 fully saturated rings. The predicted molar refractivity (Wildman–Crippen MR) is 102 cm³/mol. The molecule has 0 unspecified atom stereocenters. The van der Waals surface area contributed by atoms with Gasteiger partial charge in [-0.3, -0.25) is 4.79 Å². The highest BCUT2D eigenvalue weighted by molar-refractivity contribution is 7.27. The monoisotopic (exact) mass is 376 g/mol. The van der Waals surface area contributed by atoms with Gasteiger partial charge in [-0.25, -0.2) is 4.79 Å². The van der Waals surface area contributed by atoms with E-state index >= 15 is 0 Å². The first-order valence-corrected chi connectivity index (χ1v) is 10.1. The number of carbonyl (C=O) groups is 2. The van der Waals surface area contributed by atoms with Gasteiger partial charge in [-0.1, -0.05) is 13.8 Å². The lowest BCUT2D eigenvalue weighted by Crippen LogP contribution is -1.89. The fourth-order valence-electron chi connectivity index (χ4n) is 2.76. The van der Waals surface area contributed by atoms with E-state index in [0.29, 0.717) is 4.88 Å². The van der Waals surface area contributed by atoms with Crippen LogP contribution >= 0.6 is 34.0 Å². The number of hydrogen-bond acceptors (Lipinski definition) is 5. The van der Waals surface area contributed by atoms with Crippen LogP contribution < -0.4 is 0 Å². The number of aromatic carboxylic acids is 1. The average molecular weight is 377 g/mol. The normalized spacial score (nSPS) is 10.9. The number of carbonyl (C=O) groups excluding carboxylic acids is 1. The molecule has 1 N–H and O–H groups in total. The fraction of sp³-hybridized carbons (Fsp3) is 0.222. The largest absolute Gasteiger partial charge is 0.477 e. The van der Waals surface area contributed by atoms with Crippen LogP contribution in [0.15, 0.2) is 24.3 Å².